The Bertz CT molecular complexity index is 416. The SMILES string of the molecule is CCCc1c(N)c2ccccc2n1C. The standard InChI is InChI=1S/C12H16N2/c1-3-6-11-12(13)9-7-4-5-8-10(9)14(11)2/h4-5,7-8H,3,6,13H2,1-2H3. The lowest BCUT2D eigenvalue weighted by atomic mass is 10.2. The predicted octanol–water partition coefficient (Wildman–Crippen LogP) is 2.71. The lowest BCUT2D eigenvalue weighted by molar-refractivity contribution is 0.807. The van der Waals surface area contributed by atoms with Gasteiger partial charge in [-0.1, -0.05) is 31.5 Å². The summed E-state index contributed by atoms with van der Waals surface area (Å²) in [5.74, 6) is 0. The number of nitrogen functional groups attached to an aromatic ring is 1. The Balaban J connectivity index is 2.72. The van der Waals surface area contributed by atoms with Crippen LogP contribution in [0.3, 0.4) is 0 Å². The van der Waals surface area contributed by atoms with Gasteiger partial charge in [-0.3, -0.25) is 0 Å². The van der Waals surface area contributed by atoms with Crippen molar-refractivity contribution in [1.29, 1.82) is 0 Å². The molecule has 0 aliphatic heterocycles. The normalized spacial score (nSPS) is 11.0. The molecule has 0 radical (unpaired) electrons. The summed E-state index contributed by atoms with van der Waals surface area (Å²) in [5, 5.41) is 1.18. The van der Waals surface area contributed by atoms with Gasteiger partial charge in [0.1, 0.15) is 0 Å². The zero-order chi connectivity index (χ0) is 10.1. The predicted molar refractivity (Wildman–Crippen MR) is 61.3 cm³/mol. The molecule has 1 heterocycles. The van der Waals surface area contributed by atoms with Gasteiger partial charge in [-0.05, 0) is 12.5 Å². The summed E-state index contributed by atoms with van der Waals surface area (Å²) in [6.45, 7) is 2.18. The molecule has 0 unspecified atom stereocenters. The summed E-state index contributed by atoms with van der Waals surface area (Å²) in [7, 11) is 2.09. The minimum Gasteiger partial charge on any atom is -0.397 e. The van der Waals surface area contributed by atoms with Gasteiger partial charge < -0.3 is 10.3 Å². The minimum absolute atomic E-state index is 0.949. The zero-order valence-electron chi connectivity index (χ0n) is 8.75. The second-order valence-corrected chi connectivity index (χ2v) is 3.69. The van der Waals surface area contributed by atoms with Crippen LogP contribution in [0.5, 0.6) is 0 Å². The molecule has 1 aromatic heterocycles. The van der Waals surface area contributed by atoms with Crippen LogP contribution in [-0.4, -0.2) is 4.57 Å². The number of benzene rings is 1. The van der Waals surface area contributed by atoms with Gasteiger partial charge in [0.25, 0.3) is 0 Å². The van der Waals surface area contributed by atoms with Crippen molar-refractivity contribution in [3.05, 3.63) is 30.0 Å². The van der Waals surface area contributed by atoms with Crippen molar-refractivity contribution in [3.8, 4) is 0 Å². The Morgan fingerprint density at radius 1 is 1.29 bits per heavy atom. The molecule has 0 fully saturated rings. The number of hydrogen-bond acceptors (Lipinski definition) is 1. The maximum Gasteiger partial charge on any atom is 0.0607 e. The number of aryl methyl sites for hydroxylation is 1. The third-order valence-corrected chi connectivity index (χ3v) is 2.76. The first-order valence-corrected chi connectivity index (χ1v) is 5.07. The van der Waals surface area contributed by atoms with E-state index in [1.54, 1.807) is 0 Å². The second kappa shape index (κ2) is 3.37. The number of rotatable bonds is 2. The highest BCUT2D eigenvalue weighted by atomic mass is 15.0. The van der Waals surface area contributed by atoms with Crippen molar-refractivity contribution < 1.29 is 0 Å². The Labute approximate surface area is 84.3 Å². The molecule has 0 atom stereocenters. The summed E-state index contributed by atoms with van der Waals surface area (Å²) in [6, 6.07) is 8.29. The number of nitrogens with two attached hydrogens (primary N) is 1. The largest absolute Gasteiger partial charge is 0.397 e. The molecule has 14 heavy (non-hydrogen) atoms. The van der Waals surface area contributed by atoms with E-state index >= 15 is 0 Å². The van der Waals surface area contributed by atoms with Crippen molar-refractivity contribution in [2.45, 2.75) is 19.8 Å². The Morgan fingerprint density at radius 3 is 2.64 bits per heavy atom. The van der Waals surface area contributed by atoms with Gasteiger partial charge in [-0.15, -0.1) is 0 Å². The van der Waals surface area contributed by atoms with Gasteiger partial charge in [-0.2, -0.15) is 0 Å². The highest BCUT2D eigenvalue weighted by Gasteiger charge is 2.10. The fraction of sp³-hybridized carbons (Fsp3) is 0.333. The number of nitrogens with zero attached hydrogens (tertiary/aromatic N) is 1. The molecule has 0 aliphatic carbocycles. The molecule has 1 aromatic carbocycles. The Hall–Kier alpha value is -1.44. The van der Waals surface area contributed by atoms with Gasteiger partial charge in [-0.25, -0.2) is 0 Å². The first-order chi connectivity index (χ1) is 6.75. The number of fused-ring (bicyclic) bond motifs is 1. The highest BCUT2D eigenvalue weighted by Crippen LogP contribution is 2.27. The van der Waals surface area contributed by atoms with Crippen LogP contribution in [-0.2, 0) is 13.5 Å². The third-order valence-electron chi connectivity index (χ3n) is 2.76. The summed E-state index contributed by atoms with van der Waals surface area (Å²) in [4.78, 5) is 0. The van der Waals surface area contributed by atoms with Gasteiger partial charge in [0.15, 0.2) is 0 Å². The van der Waals surface area contributed by atoms with Gasteiger partial charge in [0.05, 0.1) is 11.2 Å². The van der Waals surface area contributed by atoms with Crippen LogP contribution in [0.4, 0.5) is 5.69 Å². The fourth-order valence-corrected chi connectivity index (χ4v) is 2.01. The van der Waals surface area contributed by atoms with E-state index in [0.29, 0.717) is 0 Å². The fourth-order valence-electron chi connectivity index (χ4n) is 2.01. The lowest BCUT2D eigenvalue weighted by Crippen LogP contribution is -1.98. The number of para-hydroxylation sites is 1. The van der Waals surface area contributed by atoms with Crippen LogP contribution >= 0.6 is 0 Å². The topological polar surface area (TPSA) is 30.9 Å². The molecule has 2 heteroatoms. The Morgan fingerprint density at radius 2 is 2.00 bits per heavy atom. The first kappa shape index (κ1) is 9.13. The zero-order valence-corrected chi connectivity index (χ0v) is 8.75. The second-order valence-electron chi connectivity index (χ2n) is 3.69. The number of aromatic nitrogens is 1. The lowest BCUT2D eigenvalue weighted by Gasteiger charge is -2.02. The summed E-state index contributed by atoms with van der Waals surface area (Å²) in [5.41, 5.74) is 9.54. The molecule has 0 bridgehead atoms. The van der Waals surface area contributed by atoms with E-state index in [-0.39, 0.29) is 0 Å². The van der Waals surface area contributed by atoms with Crippen LogP contribution in [0, 0.1) is 0 Å². The molecule has 2 N–H and O–H groups in total. The molecule has 2 rings (SSSR count). The summed E-state index contributed by atoms with van der Waals surface area (Å²) in [6.07, 6.45) is 2.19. The number of anilines is 1. The average molecular weight is 188 g/mol. The molecular weight excluding hydrogens is 172 g/mol. The molecule has 0 saturated carbocycles. The molecule has 2 aromatic rings. The van der Waals surface area contributed by atoms with Gasteiger partial charge in [0, 0.05) is 18.1 Å². The van der Waals surface area contributed by atoms with Crippen molar-refractivity contribution in [2.24, 2.45) is 7.05 Å². The monoisotopic (exact) mass is 188 g/mol. The molecule has 74 valence electrons. The van der Waals surface area contributed by atoms with Crippen LogP contribution < -0.4 is 5.73 Å². The summed E-state index contributed by atoms with van der Waals surface area (Å²) < 4.78 is 2.20. The van der Waals surface area contributed by atoms with E-state index in [9.17, 15) is 0 Å². The molecule has 0 amide bonds. The highest BCUT2D eigenvalue weighted by molar-refractivity contribution is 5.93. The van der Waals surface area contributed by atoms with E-state index in [1.165, 1.54) is 16.6 Å². The van der Waals surface area contributed by atoms with Gasteiger partial charge >= 0.3 is 0 Å². The molecule has 2 nitrogen and oxygen atoms in total. The van der Waals surface area contributed by atoms with E-state index in [4.69, 9.17) is 5.73 Å². The van der Waals surface area contributed by atoms with E-state index in [0.717, 1.165) is 18.5 Å². The summed E-state index contributed by atoms with van der Waals surface area (Å²) >= 11 is 0. The molecular formula is C12H16N2. The minimum atomic E-state index is 0.949. The van der Waals surface area contributed by atoms with Crippen molar-refractivity contribution >= 4 is 16.6 Å². The van der Waals surface area contributed by atoms with Crippen molar-refractivity contribution in [3.63, 3.8) is 0 Å². The van der Waals surface area contributed by atoms with E-state index in [2.05, 4.69) is 36.7 Å². The van der Waals surface area contributed by atoms with Crippen molar-refractivity contribution in [2.75, 3.05) is 5.73 Å². The molecule has 0 saturated heterocycles. The van der Waals surface area contributed by atoms with E-state index < -0.39 is 0 Å². The average Bonchev–Trinajstić information content (AvgIpc) is 2.45. The van der Waals surface area contributed by atoms with Gasteiger partial charge in [0.2, 0.25) is 0 Å². The van der Waals surface area contributed by atoms with E-state index in [1.807, 2.05) is 6.07 Å². The van der Waals surface area contributed by atoms with Crippen LogP contribution in [0.2, 0.25) is 0 Å². The first-order valence-electron chi connectivity index (χ1n) is 5.07. The van der Waals surface area contributed by atoms with Crippen molar-refractivity contribution in [1.82, 2.24) is 4.57 Å². The maximum atomic E-state index is 6.11. The van der Waals surface area contributed by atoms with Crippen LogP contribution in [0.25, 0.3) is 10.9 Å². The smallest absolute Gasteiger partial charge is 0.0607 e. The van der Waals surface area contributed by atoms with Crippen LogP contribution in [0.1, 0.15) is 19.0 Å². The molecule has 0 aliphatic rings. The molecule has 0 spiro atoms. The third kappa shape index (κ3) is 1.18. The Kier molecular flexibility index (Phi) is 2.20. The van der Waals surface area contributed by atoms with Crippen LogP contribution in [0.15, 0.2) is 24.3 Å². The quantitative estimate of drug-likeness (QED) is 0.771. The maximum absolute atomic E-state index is 6.11. The number of hydrogen-bond donors (Lipinski definition) is 1.